The average Bonchev–Trinajstić information content (AvgIpc) is 2.77. The van der Waals surface area contributed by atoms with Gasteiger partial charge in [0.05, 0.1) is 11.4 Å². The molecule has 0 spiro atoms. The van der Waals surface area contributed by atoms with Gasteiger partial charge in [0.15, 0.2) is 5.11 Å². The van der Waals surface area contributed by atoms with Gasteiger partial charge in [-0.1, -0.05) is 6.07 Å². The standard InChI is InChI=1S/C15H18F2N4OS/c1-9-4-5-12(13(6-9)22-14(16)17)19-15(23)18-7-11-8-21(3)20-10(11)2/h4-6,8,14H,7H2,1-3H3,(H2,18,19,23). The van der Waals surface area contributed by atoms with E-state index in [0.29, 0.717) is 17.3 Å². The molecule has 1 heterocycles. The van der Waals surface area contributed by atoms with Crippen LogP contribution >= 0.6 is 12.2 Å². The summed E-state index contributed by atoms with van der Waals surface area (Å²) in [6.45, 7) is 1.30. The van der Waals surface area contributed by atoms with Crippen molar-refractivity contribution in [2.75, 3.05) is 5.32 Å². The summed E-state index contributed by atoms with van der Waals surface area (Å²) in [5.41, 5.74) is 3.11. The Bertz CT molecular complexity index is 703. The number of benzene rings is 1. The van der Waals surface area contributed by atoms with Gasteiger partial charge in [-0.25, -0.2) is 0 Å². The van der Waals surface area contributed by atoms with Crippen molar-refractivity contribution < 1.29 is 13.5 Å². The molecule has 124 valence electrons. The van der Waals surface area contributed by atoms with Crippen LogP contribution in [-0.2, 0) is 13.6 Å². The van der Waals surface area contributed by atoms with Crippen molar-refractivity contribution in [1.29, 1.82) is 0 Å². The molecule has 0 unspecified atom stereocenters. The van der Waals surface area contributed by atoms with Gasteiger partial charge in [0.1, 0.15) is 5.75 Å². The highest BCUT2D eigenvalue weighted by atomic mass is 32.1. The number of hydrogen-bond acceptors (Lipinski definition) is 3. The second-order valence-corrected chi connectivity index (χ2v) is 5.51. The normalized spacial score (nSPS) is 10.7. The molecule has 0 bridgehead atoms. The molecule has 0 saturated carbocycles. The molecule has 0 aliphatic carbocycles. The van der Waals surface area contributed by atoms with Crippen LogP contribution in [0, 0.1) is 13.8 Å². The lowest BCUT2D eigenvalue weighted by molar-refractivity contribution is -0.0493. The molecule has 0 aliphatic heterocycles. The lowest BCUT2D eigenvalue weighted by atomic mass is 10.2. The number of hydrogen-bond donors (Lipinski definition) is 2. The summed E-state index contributed by atoms with van der Waals surface area (Å²) < 4.78 is 31.2. The van der Waals surface area contributed by atoms with Crippen molar-refractivity contribution in [2.45, 2.75) is 27.0 Å². The molecule has 8 heteroatoms. The Morgan fingerprint density at radius 3 is 2.74 bits per heavy atom. The summed E-state index contributed by atoms with van der Waals surface area (Å²) in [7, 11) is 1.84. The first-order valence-electron chi connectivity index (χ1n) is 6.94. The van der Waals surface area contributed by atoms with Crippen molar-refractivity contribution >= 4 is 23.0 Å². The van der Waals surface area contributed by atoms with E-state index in [-0.39, 0.29) is 5.75 Å². The van der Waals surface area contributed by atoms with Crippen molar-refractivity contribution in [3.05, 3.63) is 41.2 Å². The highest BCUT2D eigenvalue weighted by Gasteiger charge is 2.11. The monoisotopic (exact) mass is 340 g/mol. The highest BCUT2D eigenvalue weighted by molar-refractivity contribution is 7.80. The molecule has 5 nitrogen and oxygen atoms in total. The first-order chi connectivity index (χ1) is 10.8. The third-order valence-electron chi connectivity index (χ3n) is 3.16. The minimum atomic E-state index is -2.89. The summed E-state index contributed by atoms with van der Waals surface area (Å²) >= 11 is 5.20. The fourth-order valence-corrected chi connectivity index (χ4v) is 2.27. The molecule has 0 amide bonds. The third kappa shape index (κ3) is 4.88. The summed E-state index contributed by atoms with van der Waals surface area (Å²) in [4.78, 5) is 0. The number of anilines is 1. The number of aromatic nitrogens is 2. The van der Waals surface area contributed by atoms with Gasteiger partial charge in [0, 0.05) is 25.4 Å². The molecule has 1 aromatic carbocycles. The fourth-order valence-electron chi connectivity index (χ4n) is 2.09. The van der Waals surface area contributed by atoms with Crippen molar-refractivity contribution in [3.8, 4) is 5.75 Å². The predicted octanol–water partition coefficient (Wildman–Crippen LogP) is 3.12. The van der Waals surface area contributed by atoms with Gasteiger partial charge >= 0.3 is 6.61 Å². The molecule has 0 radical (unpaired) electrons. The average molecular weight is 340 g/mol. The van der Waals surface area contributed by atoms with Gasteiger partial charge in [-0.05, 0) is 43.8 Å². The van der Waals surface area contributed by atoms with Crippen LogP contribution in [0.15, 0.2) is 24.4 Å². The summed E-state index contributed by atoms with van der Waals surface area (Å²) in [5, 5.41) is 10.5. The Morgan fingerprint density at radius 1 is 1.39 bits per heavy atom. The number of aryl methyl sites for hydroxylation is 3. The maximum atomic E-state index is 12.5. The molecule has 1 aromatic heterocycles. The first kappa shape index (κ1) is 17.1. The Balaban J connectivity index is 2.01. The zero-order valence-electron chi connectivity index (χ0n) is 13.1. The minimum absolute atomic E-state index is 0.0571. The van der Waals surface area contributed by atoms with Gasteiger partial charge in [0.2, 0.25) is 0 Å². The second-order valence-electron chi connectivity index (χ2n) is 5.10. The SMILES string of the molecule is Cc1ccc(NC(=S)NCc2cn(C)nc2C)c(OC(F)F)c1. The van der Waals surface area contributed by atoms with Gasteiger partial charge < -0.3 is 15.4 Å². The molecular formula is C15H18F2N4OS. The Labute approximate surface area is 138 Å². The number of halogens is 2. The number of nitrogens with one attached hydrogen (secondary N) is 2. The molecule has 0 fully saturated rings. The maximum Gasteiger partial charge on any atom is 0.387 e. The lowest BCUT2D eigenvalue weighted by Crippen LogP contribution is -2.28. The van der Waals surface area contributed by atoms with Gasteiger partial charge in [-0.3, -0.25) is 4.68 Å². The van der Waals surface area contributed by atoms with Crippen molar-refractivity contribution in [2.24, 2.45) is 7.05 Å². The van der Waals surface area contributed by atoms with Gasteiger partial charge in [0.25, 0.3) is 0 Å². The van der Waals surface area contributed by atoms with E-state index in [0.717, 1.165) is 16.8 Å². The van der Waals surface area contributed by atoms with Crippen LogP contribution < -0.4 is 15.4 Å². The van der Waals surface area contributed by atoms with Crippen LogP contribution in [0.3, 0.4) is 0 Å². The van der Waals surface area contributed by atoms with E-state index in [1.54, 1.807) is 23.7 Å². The summed E-state index contributed by atoms with van der Waals surface area (Å²) in [6, 6.07) is 4.97. The van der Waals surface area contributed by atoms with Crippen LogP contribution in [0.5, 0.6) is 5.75 Å². The molecule has 0 atom stereocenters. The van der Waals surface area contributed by atoms with E-state index < -0.39 is 6.61 Å². The zero-order chi connectivity index (χ0) is 17.0. The van der Waals surface area contributed by atoms with Gasteiger partial charge in [-0.15, -0.1) is 0 Å². The largest absolute Gasteiger partial charge is 0.433 e. The molecule has 2 aromatic rings. The molecule has 2 rings (SSSR count). The lowest BCUT2D eigenvalue weighted by Gasteiger charge is -2.15. The number of rotatable bonds is 5. The Morgan fingerprint density at radius 2 is 2.13 bits per heavy atom. The van der Waals surface area contributed by atoms with Crippen LogP contribution in [0.25, 0.3) is 0 Å². The van der Waals surface area contributed by atoms with Crippen LogP contribution in [0.4, 0.5) is 14.5 Å². The summed E-state index contributed by atoms with van der Waals surface area (Å²) in [6.07, 6.45) is 1.89. The zero-order valence-corrected chi connectivity index (χ0v) is 13.9. The maximum absolute atomic E-state index is 12.5. The van der Waals surface area contributed by atoms with E-state index in [9.17, 15) is 8.78 Å². The van der Waals surface area contributed by atoms with E-state index in [1.807, 2.05) is 20.2 Å². The minimum Gasteiger partial charge on any atom is -0.433 e. The summed E-state index contributed by atoms with van der Waals surface area (Å²) in [5.74, 6) is 0.0571. The van der Waals surface area contributed by atoms with Crippen molar-refractivity contribution in [1.82, 2.24) is 15.1 Å². The highest BCUT2D eigenvalue weighted by Crippen LogP contribution is 2.27. The topological polar surface area (TPSA) is 51.1 Å². The van der Waals surface area contributed by atoms with Crippen molar-refractivity contribution in [3.63, 3.8) is 0 Å². The van der Waals surface area contributed by atoms with Gasteiger partial charge in [-0.2, -0.15) is 13.9 Å². The molecule has 0 aliphatic rings. The molecular weight excluding hydrogens is 322 g/mol. The van der Waals surface area contributed by atoms with E-state index in [2.05, 4.69) is 20.5 Å². The fraction of sp³-hybridized carbons (Fsp3) is 0.333. The number of alkyl halides is 2. The van der Waals surface area contributed by atoms with E-state index >= 15 is 0 Å². The molecule has 0 saturated heterocycles. The number of ether oxygens (including phenoxy) is 1. The van der Waals surface area contributed by atoms with Crippen LogP contribution in [0.1, 0.15) is 16.8 Å². The molecule has 2 N–H and O–H groups in total. The van der Waals surface area contributed by atoms with Crippen LogP contribution in [-0.4, -0.2) is 21.5 Å². The third-order valence-corrected chi connectivity index (χ3v) is 3.40. The number of thiocarbonyl (C=S) groups is 1. The quantitative estimate of drug-likeness (QED) is 0.819. The van der Waals surface area contributed by atoms with Crippen LogP contribution in [0.2, 0.25) is 0 Å². The smallest absolute Gasteiger partial charge is 0.387 e. The first-order valence-corrected chi connectivity index (χ1v) is 7.35. The van der Waals surface area contributed by atoms with E-state index in [1.165, 1.54) is 6.07 Å². The Kier molecular flexibility index (Phi) is 5.49. The number of nitrogens with zero attached hydrogens (tertiary/aromatic N) is 2. The van der Waals surface area contributed by atoms with E-state index in [4.69, 9.17) is 12.2 Å². The predicted molar refractivity (Wildman–Crippen MR) is 88.8 cm³/mol. The second kappa shape index (κ2) is 7.36. The Hall–Kier alpha value is -2.22. The molecule has 23 heavy (non-hydrogen) atoms.